The third kappa shape index (κ3) is 4.25. The van der Waals surface area contributed by atoms with Gasteiger partial charge in [0.25, 0.3) is 5.91 Å². The van der Waals surface area contributed by atoms with Gasteiger partial charge in [0.05, 0.1) is 7.11 Å². The van der Waals surface area contributed by atoms with E-state index in [4.69, 9.17) is 9.47 Å². The number of esters is 1. The average molecular weight is 368 g/mol. The third-order valence-electron chi connectivity index (χ3n) is 4.25. The predicted molar refractivity (Wildman–Crippen MR) is 100 cm³/mol. The van der Waals surface area contributed by atoms with Crippen LogP contribution in [0.15, 0.2) is 42.5 Å². The van der Waals surface area contributed by atoms with E-state index in [2.05, 4.69) is 5.32 Å². The Kier molecular flexibility index (Phi) is 5.40. The number of fused-ring (bicyclic) bond motifs is 1. The molecule has 0 aromatic heterocycles. The molecule has 1 aliphatic heterocycles. The molecule has 7 nitrogen and oxygen atoms in total. The van der Waals surface area contributed by atoms with Crippen LogP contribution in [0.25, 0.3) is 16.8 Å². The van der Waals surface area contributed by atoms with Crippen LogP contribution in [0.4, 0.5) is 4.79 Å². The molecule has 2 aromatic rings. The maximum atomic E-state index is 12.1. The van der Waals surface area contributed by atoms with E-state index < -0.39 is 24.0 Å². The minimum absolute atomic E-state index is 0.275. The molecule has 140 valence electrons. The van der Waals surface area contributed by atoms with E-state index in [-0.39, 0.29) is 6.54 Å². The molecule has 7 heteroatoms. The number of imide groups is 1. The zero-order valence-corrected chi connectivity index (χ0v) is 15.1. The Hall–Kier alpha value is -3.35. The topological polar surface area (TPSA) is 84.9 Å². The average Bonchev–Trinajstić information content (AvgIpc) is 3.10. The highest BCUT2D eigenvalue weighted by atomic mass is 16.5. The number of benzene rings is 2. The van der Waals surface area contributed by atoms with Crippen molar-refractivity contribution in [2.45, 2.75) is 13.0 Å². The Balaban J connectivity index is 1.63. The van der Waals surface area contributed by atoms with Gasteiger partial charge in [0, 0.05) is 19.2 Å². The van der Waals surface area contributed by atoms with Crippen molar-refractivity contribution >= 4 is 34.8 Å². The van der Waals surface area contributed by atoms with Gasteiger partial charge in [0.2, 0.25) is 0 Å². The van der Waals surface area contributed by atoms with E-state index in [0.29, 0.717) is 6.54 Å². The summed E-state index contributed by atoms with van der Waals surface area (Å²) in [5.41, 5.74) is 0.822. The molecular formula is C20H20N2O5. The summed E-state index contributed by atoms with van der Waals surface area (Å²) in [7, 11) is 1.62. The van der Waals surface area contributed by atoms with Gasteiger partial charge in [0.1, 0.15) is 5.75 Å². The molecule has 0 bridgehead atoms. The minimum atomic E-state index is -1.03. The van der Waals surface area contributed by atoms with E-state index in [0.717, 1.165) is 27.0 Å². The van der Waals surface area contributed by atoms with Crippen molar-refractivity contribution in [3.63, 3.8) is 0 Å². The monoisotopic (exact) mass is 368 g/mol. The molecule has 0 radical (unpaired) electrons. The lowest BCUT2D eigenvalue weighted by Crippen LogP contribution is -2.41. The summed E-state index contributed by atoms with van der Waals surface area (Å²) in [5, 5.41) is 4.57. The fourth-order valence-electron chi connectivity index (χ4n) is 2.80. The Morgan fingerprint density at radius 2 is 1.93 bits per heavy atom. The van der Waals surface area contributed by atoms with Crippen molar-refractivity contribution in [2.75, 3.05) is 20.2 Å². The molecule has 0 aliphatic carbocycles. The van der Waals surface area contributed by atoms with E-state index in [1.807, 2.05) is 36.4 Å². The fourth-order valence-corrected chi connectivity index (χ4v) is 2.80. The summed E-state index contributed by atoms with van der Waals surface area (Å²) in [4.78, 5) is 36.6. The van der Waals surface area contributed by atoms with Crippen LogP contribution in [0.5, 0.6) is 5.75 Å². The molecule has 0 saturated carbocycles. The number of nitrogens with zero attached hydrogens (tertiary/aromatic N) is 1. The van der Waals surface area contributed by atoms with Crippen LogP contribution >= 0.6 is 0 Å². The number of hydrogen-bond acceptors (Lipinski definition) is 5. The molecule has 0 spiro atoms. The van der Waals surface area contributed by atoms with E-state index in [1.165, 1.54) is 13.0 Å². The van der Waals surface area contributed by atoms with Crippen LogP contribution in [-0.2, 0) is 14.3 Å². The number of methoxy groups -OCH3 is 1. The van der Waals surface area contributed by atoms with Gasteiger partial charge in [-0.15, -0.1) is 0 Å². The van der Waals surface area contributed by atoms with E-state index >= 15 is 0 Å². The summed E-state index contributed by atoms with van der Waals surface area (Å²) >= 11 is 0. The lowest BCUT2D eigenvalue weighted by atomic mass is 10.1. The summed E-state index contributed by atoms with van der Waals surface area (Å²) in [6.45, 7) is 2.12. The second-order valence-electron chi connectivity index (χ2n) is 6.11. The Bertz CT molecular complexity index is 922. The first-order valence-corrected chi connectivity index (χ1v) is 8.53. The molecule has 1 heterocycles. The fraction of sp³-hybridized carbons (Fsp3) is 0.250. The summed E-state index contributed by atoms with van der Waals surface area (Å²) < 4.78 is 10.3. The van der Waals surface area contributed by atoms with Crippen LogP contribution in [0.2, 0.25) is 0 Å². The third-order valence-corrected chi connectivity index (χ3v) is 4.25. The molecule has 27 heavy (non-hydrogen) atoms. The molecule has 1 atom stereocenters. The van der Waals surface area contributed by atoms with Crippen LogP contribution in [0.3, 0.4) is 0 Å². The van der Waals surface area contributed by atoms with Crippen molar-refractivity contribution < 1.29 is 23.9 Å². The number of rotatable bonds is 5. The first-order valence-electron chi connectivity index (χ1n) is 8.53. The number of carbonyl (C=O) groups is 3. The first kappa shape index (κ1) is 18.4. The zero-order chi connectivity index (χ0) is 19.4. The smallest absolute Gasteiger partial charge is 0.331 e. The van der Waals surface area contributed by atoms with Gasteiger partial charge in [-0.2, -0.15) is 0 Å². The van der Waals surface area contributed by atoms with Gasteiger partial charge in [-0.1, -0.05) is 18.2 Å². The maximum Gasteiger partial charge on any atom is 0.331 e. The van der Waals surface area contributed by atoms with Crippen molar-refractivity contribution in [2.24, 2.45) is 0 Å². The van der Waals surface area contributed by atoms with Gasteiger partial charge in [-0.3, -0.25) is 9.69 Å². The molecular weight excluding hydrogens is 348 g/mol. The Morgan fingerprint density at radius 3 is 2.63 bits per heavy atom. The summed E-state index contributed by atoms with van der Waals surface area (Å²) in [6, 6.07) is 11.0. The van der Waals surface area contributed by atoms with Crippen LogP contribution in [0.1, 0.15) is 12.5 Å². The standard InChI is InChI=1S/C20H20N2O5/c1-13(19(24)22-10-9-21-20(22)25)27-18(23)8-4-14-3-5-16-12-17(26-2)7-6-15(16)11-14/h3-8,11-13H,9-10H2,1-2H3,(H,21,25)/b8-4+/t13-/m1/s1. The van der Waals surface area contributed by atoms with Gasteiger partial charge >= 0.3 is 12.0 Å². The summed E-state index contributed by atoms with van der Waals surface area (Å²) in [6.07, 6.45) is 1.85. The van der Waals surface area contributed by atoms with E-state index in [9.17, 15) is 14.4 Å². The SMILES string of the molecule is COc1ccc2cc(/C=C/C(=O)O[C@H](C)C(=O)N3CCNC3=O)ccc2c1. The number of ether oxygens (including phenoxy) is 2. The number of nitrogens with one attached hydrogen (secondary N) is 1. The first-order chi connectivity index (χ1) is 13.0. The van der Waals surface area contributed by atoms with E-state index in [1.54, 1.807) is 13.2 Å². The number of amides is 3. The van der Waals surface area contributed by atoms with Crippen molar-refractivity contribution in [3.05, 3.63) is 48.0 Å². The number of urea groups is 1. The molecule has 1 N–H and O–H groups in total. The summed E-state index contributed by atoms with van der Waals surface area (Å²) in [5.74, 6) is -0.406. The lowest BCUT2D eigenvalue weighted by molar-refractivity contribution is -0.153. The normalized spacial score (nSPS) is 15.0. The number of hydrogen-bond donors (Lipinski definition) is 1. The Morgan fingerprint density at radius 1 is 1.19 bits per heavy atom. The van der Waals surface area contributed by atoms with Crippen LogP contribution in [-0.4, -0.2) is 49.1 Å². The highest BCUT2D eigenvalue weighted by Gasteiger charge is 2.31. The van der Waals surface area contributed by atoms with Crippen molar-refractivity contribution in [1.29, 1.82) is 0 Å². The van der Waals surface area contributed by atoms with Crippen LogP contribution in [0, 0.1) is 0 Å². The van der Waals surface area contributed by atoms with Gasteiger partial charge < -0.3 is 14.8 Å². The van der Waals surface area contributed by atoms with Crippen molar-refractivity contribution in [1.82, 2.24) is 10.2 Å². The van der Waals surface area contributed by atoms with Crippen LogP contribution < -0.4 is 10.1 Å². The quantitative estimate of drug-likeness (QED) is 0.647. The number of carbonyl (C=O) groups excluding carboxylic acids is 3. The second-order valence-corrected chi connectivity index (χ2v) is 6.11. The van der Waals surface area contributed by atoms with Gasteiger partial charge in [-0.25, -0.2) is 9.59 Å². The predicted octanol–water partition coefficient (Wildman–Crippen LogP) is 2.35. The maximum absolute atomic E-state index is 12.1. The second kappa shape index (κ2) is 7.90. The largest absolute Gasteiger partial charge is 0.497 e. The molecule has 1 aliphatic rings. The molecule has 0 unspecified atom stereocenters. The minimum Gasteiger partial charge on any atom is -0.497 e. The molecule has 3 amide bonds. The Labute approximate surface area is 156 Å². The van der Waals surface area contributed by atoms with Gasteiger partial charge in [-0.05, 0) is 47.5 Å². The lowest BCUT2D eigenvalue weighted by Gasteiger charge is -2.17. The highest BCUT2D eigenvalue weighted by Crippen LogP contribution is 2.22. The molecule has 1 saturated heterocycles. The van der Waals surface area contributed by atoms with Crippen molar-refractivity contribution in [3.8, 4) is 5.75 Å². The highest BCUT2D eigenvalue weighted by molar-refractivity contribution is 5.99. The molecule has 3 rings (SSSR count). The zero-order valence-electron chi connectivity index (χ0n) is 15.1. The molecule has 2 aromatic carbocycles. The molecule has 1 fully saturated rings. The van der Waals surface area contributed by atoms with Gasteiger partial charge in [0.15, 0.2) is 6.10 Å².